The van der Waals surface area contributed by atoms with E-state index in [0.717, 1.165) is 25.7 Å². The molecule has 1 N–H and O–H groups in total. The fraction of sp³-hybridized carbons (Fsp3) is 0.882. The highest BCUT2D eigenvalue weighted by atomic mass is 16.5. The van der Waals surface area contributed by atoms with E-state index < -0.39 is 49.3 Å². The molecule has 0 bridgehead atoms. The van der Waals surface area contributed by atoms with E-state index >= 15 is 0 Å². The zero-order valence-corrected chi connectivity index (χ0v) is 12.6. The molecule has 3 unspecified atom stereocenters. The highest BCUT2D eigenvalue weighted by Gasteiger charge is 2.36. The topological polar surface area (TPSA) is 63.6 Å². The second-order valence-electron chi connectivity index (χ2n) is 5.39. The van der Waals surface area contributed by atoms with Crippen LogP contribution < -0.4 is 0 Å². The van der Waals surface area contributed by atoms with Crippen molar-refractivity contribution in [2.45, 2.75) is 71.4 Å². The van der Waals surface area contributed by atoms with Crippen molar-refractivity contribution >= 4 is 11.9 Å². The van der Waals surface area contributed by atoms with Crippen LogP contribution in [0, 0.1) is 17.8 Å². The molecule has 1 aliphatic carbocycles. The molecule has 1 fully saturated rings. The molecule has 0 aromatic rings. The third kappa shape index (κ3) is 6.49. The van der Waals surface area contributed by atoms with Crippen LogP contribution in [-0.2, 0) is 14.3 Å². The first-order chi connectivity index (χ1) is 13.1. The van der Waals surface area contributed by atoms with Gasteiger partial charge in [-0.15, -0.1) is 0 Å². The number of hydrogen-bond donors (Lipinski definition) is 1. The fourth-order valence-electron chi connectivity index (χ4n) is 2.18. The predicted molar refractivity (Wildman–Crippen MR) is 82.0 cm³/mol. The van der Waals surface area contributed by atoms with Crippen LogP contribution in [0.25, 0.3) is 0 Å². The zero-order valence-electron chi connectivity index (χ0n) is 20.6. The molecule has 0 radical (unpaired) electrons. The van der Waals surface area contributed by atoms with Crippen LogP contribution in [0.3, 0.4) is 0 Å². The van der Waals surface area contributed by atoms with Gasteiger partial charge in [-0.05, 0) is 31.5 Å². The second-order valence-corrected chi connectivity index (χ2v) is 5.39. The predicted octanol–water partition coefficient (Wildman–Crippen LogP) is 4.03. The summed E-state index contributed by atoms with van der Waals surface area (Å²) < 4.78 is 68.1. The smallest absolute Gasteiger partial charge is 0.309 e. The molecule has 0 aliphatic heterocycles. The summed E-state index contributed by atoms with van der Waals surface area (Å²) in [7, 11) is 0. The summed E-state index contributed by atoms with van der Waals surface area (Å²) in [6.07, 6.45) is -9.27. The number of carboxylic acids is 1. The van der Waals surface area contributed by atoms with Gasteiger partial charge in [-0.2, -0.15) is 0 Å². The minimum absolute atomic E-state index is 0.132. The van der Waals surface area contributed by atoms with Crippen LogP contribution in [0.2, 0.25) is 0 Å². The molecule has 0 aromatic carbocycles. The molecule has 122 valence electrons. The van der Waals surface area contributed by atoms with E-state index in [9.17, 15) is 14.7 Å². The lowest BCUT2D eigenvalue weighted by molar-refractivity contribution is -0.159. The Morgan fingerprint density at radius 2 is 1.86 bits per heavy atom. The molecule has 1 rings (SSSR count). The molecular formula is C17H30O4. The maximum Gasteiger partial charge on any atom is 0.309 e. The monoisotopic (exact) mass is 306 g/mol. The Kier molecular flexibility index (Phi) is 4.28. The Morgan fingerprint density at radius 3 is 2.48 bits per heavy atom. The summed E-state index contributed by atoms with van der Waals surface area (Å²) in [4.78, 5) is 24.2. The number of ether oxygens (including phenoxy) is 1. The Hall–Kier alpha value is -1.06. The average Bonchev–Trinajstić information content (AvgIpc) is 2.58. The van der Waals surface area contributed by atoms with Crippen LogP contribution in [0.4, 0.5) is 0 Å². The van der Waals surface area contributed by atoms with Crippen molar-refractivity contribution in [2.24, 2.45) is 17.8 Å². The van der Waals surface area contributed by atoms with Gasteiger partial charge in [0.1, 0.15) is 0 Å². The number of carboxylic acid groups (broad SMARTS) is 1. The number of hydrogen-bond acceptors (Lipinski definition) is 3. The summed E-state index contributed by atoms with van der Waals surface area (Å²) in [6.45, 7) is 3.99. The Morgan fingerprint density at radius 1 is 1.24 bits per heavy atom. The van der Waals surface area contributed by atoms with Crippen molar-refractivity contribution in [3.8, 4) is 0 Å². The van der Waals surface area contributed by atoms with Gasteiger partial charge in [0.05, 0.1) is 18.4 Å². The van der Waals surface area contributed by atoms with Gasteiger partial charge in [0, 0.05) is 11.0 Å². The van der Waals surface area contributed by atoms with Gasteiger partial charge in [0.25, 0.3) is 0 Å². The van der Waals surface area contributed by atoms with Crippen molar-refractivity contribution < 1.29 is 30.4 Å². The third-order valence-electron chi connectivity index (χ3n) is 3.51. The second kappa shape index (κ2) is 9.80. The van der Waals surface area contributed by atoms with Crippen molar-refractivity contribution in [3.63, 3.8) is 0 Å². The van der Waals surface area contributed by atoms with Crippen LogP contribution >= 0.6 is 0 Å². The van der Waals surface area contributed by atoms with Gasteiger partial charge < -0.3 is 9.84 Å². The fourth-order valence-corrected chi connectivity index (χ4v) is 2.18. The van der Waals surface area contributed by atoms with E-state index in [0.29, 0.717) is 12.3 Å². The van der Waals surface area contributed by atoms with Crippen molar-refractivity contribution in [1.29, 1.82) is 0 Å². The molecule has 3 atom stereocenters. The largest absolute Gasteiger partial charge is 0.481 e. The molecule has 0 saturated heterocycles. The Balaban J connectivity index is 3.04. The van der Waals surface area contributed by atoms with Crippen LogP contribution in [0.15, 0.2) is 0 Å². The van der Waals surface area contributed by atoms with Gasteiger partial charge in [0.2, 0.25) is 0 Å². The maximum absolute atomic E-state index is 12.6. The molecule has 0 aromatic heterocycles. The maximum atomic E-state index is 12.6. The lowest BCUT2D eigenvalue weighted by atomic mass is 9.79. The van der Waals surface area contributed by atoms with E-state index in [2.05, 4.69) is 6.92 Å². The highest BCUT2D eigenvalue weighted by molar-refractivity contribution is 5.81. The van der Waals surface area contributed by atoms with Crippen molar-refractivity contribution in [3.05, 3.63) is 0 Å². The Bertz CT molecular complexity index is 608. The molecule has 21 heavy (non-hydrogen) atoms. The Labute approximate surface area is 139 Å². The number of unbranched alkanes of at least 4 members (excludes halogenated alkanes) is 1. The number of carbonyl (C=O) groups excluding carboxylic acids is 1. The van der Waals surface area contributed by atoms with Crippen molar-refractivity contribution in [1.82, 2.24) is 0 Å². The first-order valence-electron chi connectivity index (χ1n) is 11.5. The number of aliphatic carboxylic acids is 1. The van der Waals surface area contributed by atoms with E-state index in [4.69, 9.17) is 15.7 Å². The molecule has 0 amide bonds. The van der Waals surface area contributed by atoms with Gasteiger partial charge in [-0.3, -0.25) is 9.59 Å². The van der Waals surface area contributed by atoms with Crippen molar-refractivity contribution in [2.75, 3.05) is 6.61 Å². The quantitative estimate of drug-likeness (QED) is 0.516. The van der Waals surface area contributed by atoms with Crippen LogP contribution in [0.1, 0.15) is 82.4 Å². The third-order valence-corrected chi connectivity index (χ3v) is 3.51. The van der Waals surface area contributed by atoms with E-state index in [1.54, 1.807) is 0 Å². The highest BCUT2D eigenvalue weighted by Crippen LogP contribution is 2.31. The molecule has 4 nitrogen and oxygen atoms in total. The SMILES string of the molecule is [2H]C1([2H])C(C(=O)O)C(C(=O)OCCCC(C)CCCC)C([2H])([2H])C([2H])([2H])C1([2H])[2H]. The van der Waals surface area contributed by atoms with Crippen LogP contribution in [0.5, 0.6) is 0 Å². The summed E-state index contributed by atoms with van der Waals surface area (Å²) in [5, 5.41) is 9.45. The first-order valence-corrected chi connectivity index (χ1v) is 7.46. The molecular weight excluding hydrogens is 268 g/mol. The van der Waals surface area contributed by atoms with Crippen LogP contribution in [-0.4, -0.2) is 23.7 Å². The minimum atomic E-state index is -3.49. The summed E-state index contributed by atoms with van der Waals surface area (Å²) >= 11 is 0. The number of rotatable bonds is 9. The standard InChI is InChI=1S/C17H30O4/c1-3-4-8-13(2)9-7-12-21-17(20)15-11-6-5-10-14(15)16(18)19/h13-15H,3-12H2,1-2H3,(H,18,19)/i5D2,6D2,10D2,11D2. The van der Waals surface area contributed by atoms with Gasteiger partial charge in [0.15, 0.2) is 0 Å². The first kappa shape index (κ1) is 9.16. The lowest BCUT2D eigenvalue weighted by Crippen LogP contribution is -2.34. The number of esters is 1. The minimum Gasteiger partial charge on any atom is -0.481 e. The lowest BCUT2D eigenvalue weighted by Gasteiger charge is -2.26. The van der Waals surface area contributed by atoms with Gasteiger partial charge >= 0.3 is 11.9 Å². The molecule has 0 spiro atoms. The average molecular weight is 306 g/mol. The van der Waals surface area contributed by atoms with E-state index in [1.165, 1.54) is 0 Å². The van der Waals surface area contributed by atoms with E-state index in [-0.39, 0.29) is 6.61 Å². The summed E-state index contributed by atoms with van der Waals surface area (Å²) in [5.41, 5.74) is 0. The van der Waals surface area contributed by atoms with E-state index in [1.807, 2.05) is 6.92 Å². The summed E-state index contributed by atoms with van der Waals surface area (Å²) in [6, 6.07) is 0. The zero-order chi connectivity index (χ0) is 22.8. The number of carbonyl (C=O) groups is 2. The van der Waals surface area contributed by atoms with Gasteiger partial charge in [-0.25, -0.2) is 0 Å². The molecule has 1 saturated carbocycles. The summed E-state index contributed by atoms with van der Waals surface area (Å²) in [5.74, 6) is -7.67. The molecule has 0 heterocycles. The van der Waals surface area contributed by atoms with Gasteiger partial charge in [-0.1, -0.05) is 45.9 Å². The molecule has 4 heteroatoms. The normalized spacial score (nSPS) is 38.8. The molecule has 1 aliphatic rings.